The van der Waals surface area contributed by atoms with E-state index >= 15 is 0 Å². The molecule has 0 radical (unpaired) electrons. The average molecular weight is 419 g/mol. The number of hydrogen-bond donors (Lipinski definition) is 2. The Bertz CT molecular complexity index is 1240. The number of benzene rings is 3. The van der Waals surface area contributed by atoms with Gasteiger partial charge < -0.3 is 0 Å². The van der Waals surface area contributed by atoms with E-state index in [1.54, 1.807) is 0 Å². The van der Waals surface area contributed by atoms with E-state index in [9.17, 15) is 0 Å². The van der Waals surface area contributed by atoms with Crippen LogP contribution < -0.4 is 0 Å². The van der Waals surface area contributed by atoms with Crippen molar-refractivity contribution in [3.63, 3.8) is 0 Å². The van der Waals surface area contributed by atoms with Crippen LogP contribution >= 0.6 is 0 Å². The summed E-state index contributed by atoms with van der Waals surface area (Å²) in [4.78, 5) is 0. The van der Waals surface area contributed by atoms with Crippen LogP contribution in [0.15, 0.2) is 91.0 Å². The SMILES string of the molecule is CC(C)(C)c1cc(-c2cc(-c3ccccc3)[nH]n2)cc(-c2cc(-c3ccccc3)[nH]n2)c1. The molecule has 0 bridgehead atoms. The number of hydrogen-bond acceptors (Lipinski definition) is 2. The van der Waals surface area contributed by atoms with Gasteiger partial charge in [0.2, 0.25) is 0 Å². The second-order valence-electron chi connectivity index (χ2n) is 9.11. The molecule has 2 N–H and O–H groups in total. The molecule has 0 aliphatic heterocycles. The summed E-state index contributed by atoms with van der Waals surface area (Å²) in [5.41, 5.74) is 9.52. The van der Waals surface area contributed by atoms with Gasteiger partial charge in [-0.3, -0.25) is 10.2 Å². The highest BCUT2D eigenvalue weighted by atomic mass is 15.1. The fourth-order valence-corrected chi connectivity index (χ4v) is 3.83. The third-order valence-corrected chi connectivity index (χ3v) is 5.72. The monoisotopic (exact) mass is 418 g/mol. The van der Waals surface area contributed by atoms with Crippen LogP contribution in [0.3, 0.4) is 0 Å². The van der Waals surface area contributed by atoms with Crippen LogP contribution in [-0.4, -0.2) is 20.4 Å². The van der Waals surface area contributed by atoms with Crippen LogP contribution in [0.5, 0.6) is 0 Å². The van der Waals surface area contributed by atoms with Crippen molar-refractivity contribution >= 4 is 0 Å². The normalized spacial score (nSPS) is 11.6. The second-order valence-corrected chi connectivity index (χ2v) is 9.11. The average Bonchev–Trinajstić information content (AvgIpc) is 3.50. The predicted molar refractivity (Wildman–Crippen MR) is 131 cm³/mol. The van der Waals surface area contributed by atoms with Crippen molar-refractivity contribution in [3.05, 3.63) is 96.6 Å². The molecule has 0 atom stereocenters. The molecular weight excluding hydrogens is 392 g/mol. The Labute approximate surface area is 188 Å². The molecule has 0 spiro atoms. The van der Waals surface area contributed by atoms with E-state index in [2.05, 4.69) is 95.8 Å². The Balaban J connectivity index is 1.58. The first-order chi connectivity index (χ1) is 15.5. The molecule has 2 heterocycles. The summed E-state index contributed by atoms with van der Waals surface area (Å²) >= 11 is 0. The quantitative estimate of drug-likeness (QED) is 0.327. The zero-order chi connectivity index (χ0) is 22.1. The van der Waals surface area contributed by atoms with Gasteiger partial charge >= 0.3 is 0 Å². The van der Waals surface area contributed by atoms with Gasteiger partial charge in [-0.1, -0.05) is 81.4 Å². The summed E-state index contributed by atoms with van der Waals surface area (Å²) in [6.07, 6.45) is 0. The lowest BCUT2D eigenvalue weighted by molar-refractivity contribution is 0.590. The van der Waals surface area contributed by atoms with E-state index in [1.165, 1.54) is 5.56 Å². The third kappa shape index (κ3) is 4.00. The smallest absolute Gasteiger partial charge is 0.0927 e. The van der Waals surface area contributed by atoms with Crippen molar-refractivity contribution in [1.82, 2.24) is 20.4 Å². The Kier molecular flexibility index (Phi) is 4.98. The summed E-state index contributed by atoms with van der Waals surface area (Å²) in [6, 6.07) is 31.4. The number of nitrogens with zero attached hydrogens (tertiary/aromatic N) is 2. The van der Waals surface area contributed by atoms with E-state index in [-0.39, 0.29) is 5.41 Å². The van der Waals surface area contributed by atoms with Crippen LogP contribution in [0.25, 0.3) is 45.0 Å². The zero-order valence-electron chi connectivity index (χ0n) is 18.6. The van der Waals surface area contributed by atoms with E-state index in [4.69, 9.17) is 0 Å². The molecule has 0 saturated heterocycles. The lowest BCUT2D eigenvalue weighted by Crippen LogP contribution is -2.11. The fourth-order valence-electron chi connectivity index (χ4n) is 3.83. The summed E-state index contributed by atoms with van der Waals surface area (Å²) in [5, 5.41) is 15.6. The second kappa shape index (κ2) is 7.97. The third-order valence-electron chi connectivity index (χ3n) is 5.72. The predicted octanol–water partition coefficient (Wildman–Crippen LogP) is 7.10. The largest absolute Gasteiger partial charge is 0.277 e. The van der Waals surface area contributed by atoms with Gasteiger partial charge in [0.15, 0.2) is 0 Å². The van der Waals surface area contributed by atoms with Gasteiger partial charge in [-0.25, -0.2) is 0 Å². The fraction of sp³-hybridized carbons (Fsp3) is 0.143. The molecule has 32 heavy (non-hydrogen) atoms. The molecular formula is C28H26N4. The van der Waals surface area contributed by atoms with Crippen LogP contribution in [0.1, 0.15) is 26.3 Å². The molecule has 5 aromatic rings. The maximum absolute atomic E-state index is 4.62. The van der Waals surface area contributed by atoms with Crippen molar-refractivity contribution in [2.45, 2.75) is 26.2 Å². The Hall–Kier alpha value is -3.92. The molecule has 4 heteroatoms. The summed E-state index contributed by atoms with van der Waals surface area (Å²) in [6.45, 7) is 6.70. The molecule has 0 aliphatic carbocycles. The summed E-state index contributed by atoms with van der Waals surface area (Å²) in [7, 11) is 0. The van der Waals surface area contributed by atoms with E-state index in [1.807, 2.05) is 36.4 Å². The van der Waals surface area contributed by atoms with Crippen molar-refractivity contribution < 1.29 is 0 Å². The van der Waals surface area contributed by atoms with E-state index < -0.39 is 0 Å². The van der Waals surface area contributed by atoms with Crippen molar-refractivity contribution in [2.75, 3.05) is 0 Å². The molecule has 4 nitrogen and oxygen atoms in total. The van der Waals surface area contributed by atoms with Crippen LogP contribution in [0, 0.1) is 0 Å². The van der Waals surface area contributed by atoms with Crippen molar-refractivity contribution in [1.29, 1.82) is 0 Å². The van der Waals surface area contributed by atoms with E-state index in [0.717, 1.165) is 45.0 Å². The van der Waals surface area contributed by atoms with Crippen LogP contribution in [-0.2, 0) is 5.41 Å². The van der Waals surface area contributed by atoms with Crippen molar-refractivity contribution in [2.24, 2.45) is 0 Å². The summed E-state index contributed by atoms with van der Waals surface area (Å²) in [5.74, 6) is 0. The molecule has 0 fully saturated rings. The molecule has 158 valence electrons. The standard InChI is InChI=1S/C28H26N4/c1-28(2,3)23-15-21(26-17-24(29-31-26)19-10-6-4-7-11-19)14-22(16-23)27-18-25(30-32-27)20-12-8-5-9-13-20/h4-18H,1-3H3,(H,29,31)(H,30,32). The van der Waals surface area contributed by atoms with Crippen LogP contribution in [0.2, 0.25) is 0 Å². The Morgan fingerprint density at radius 1 is 0.531 bits per heavy atom. The maximum atomic E-state index is 4.62. The maximum Gasteiger partial charge on any atom is 0.0927 e. The number of H-pyrrole nitrogens is 2. The lowest BCUT2D eigenvalue weighted by atomic mass is 9.84. The van der Waals surface area contributed by atoms with E-state index in [0.29, 0.717) is 0 Å². The van der Waals surface area contributed by atoms with Gasteiger partial charge in [-0.2, -0.15) is 10.2 Å². The number of aromatic nitrogens is 4. The highest BCUT2D eigenvalue weighted by Crippen LogP contribution is 2.34. The zero-order valence-corrected chi connectivity index (χ0v) is 18.6. The van der Waals surface area contributed by atoms with Gasteiger partial charge in [-0.15, -0.1) is 0 Å². The Morgan fingerprint density at radius 3 is 1.38 bits per heavy atom. The molecule has 0 saturated carbocycles. The summed E-state index contributed by atoms with van der Waals surface area (Å²) < 4.78 is 0. The molecule has 3 aromatic carbocycles. The first-order valence-electron chi connectivity index (χ1n) is 10.9. The molecule has 0 aliphatic rings. The van der Waals surface area contributed by atoms with Crippen LogP contribution in [0.4, 0.5) is 0 Å². The first kappa shape index (κ1) is 20.0. The van der Waals surface area contributed by atoms with Gasteiger partial charge in [0, 0.05) is 11.1 Å². The minimum Gasteiger partial charge on any atom is -0.277 e. The topological polar surface area (TPSA) is 57.4 Å². The van der Waals surface area contributed by atoms with Gasteiger partial charge in [0.25, 0.3) is 0 Å². The highest BCUT2D eigenvalue weighted by Gasteiger charge is 2.18. The minimum absolute atomic E-state index is 0.00188. The highest BCUT2D eigenvalue weighted by molar-refractivity contribution is 5.76. The molecule has 0 unspecified atom stereocenters. The lowest BCUT2D eigenvalue weighted by Gasteiger charge is -2.20. The first-order valence-corrected chi connectivity index (χ1v) is 10.9. The molecule has 2 aromatic heterocycles. The minimum atomic E-state index is 0.00188. The molecule has 5 rings (SSSR count). The van der Waals surface area contributed by atoms with Gasteiger partial charge in [0.1, 0.15) is 0 Å². The Morgan fingerprint density at radius 2 is 0.969 bits per heavy atom. The van der Waals surface area contributed by atoms with Gasteiger partial charge in [-0.05, 0) is 52.4 Å². The number of aromatic amines is 2. The molecule has 0 amide bonds. The van der Waals surface area contributed by atoms with Crippen molar-refractivity contribution in [3.8, 4) is 45.0 Å². The number of rotatable bonds is 4. The van der Waals surface area contributed by atoms with Gasteiger partial charge in [0.05, 0.1) is 22.8 Å². The number of nitrogens with one attached hydrogen (secondary N) is 2.